The Morgan fingerprint density at radius 2 is 1.69 bits per heavy atom. The van der Waals surface area contributed by atoms with E-state index in [4.69, 9.17) is 4.78 Å². The van der Waals surface area contributed by atoms with Gasteiger partial charge in [-0.3, -0.25) is 4.78 Å². The van der Waals surface area contributed by atoms with Crippen molar-refractivity contribution >= 4 is 9.73 Å². The van der Waals surface area contributed by atoms with E-state index in [9.17, 15) is 4.21 Å². The SMILES string of the molecule is CC.CN1CCC(S(C)(=N)=O)CC1. The molecule has 1 atom stereocenters. The average Bonchev–Trinajstić information content (AvgIpc) is 2.07. The van der Waals surface area contributed by atoms with Crippen molar-refractivity contribution in [3.63, 3.8) is 0 Å². The fourth-order valence-electron chi connectivity index (χ4n) is 1.43. The first-order chi connectivity index (χ1) is 6.00. The van der Waals surface area contributed by atoms with E-state index in [-0.39, 0.29) is 5.25 Å². The van der Waals surface area contributed by atoms with E-state index >= 15 is 0 Å². The minimum atomic E-state index is -2.28. The summed E-state index contributed by atoms with van der Waals surface area (Å²) in [6, 6.07) is 0. The Hall–Kier alpha value is -0.0900. The number of nitrogens with zero attached hydrogens (tertiary/aromatic N) is 1. The molecule has 1 aliphatic rings. The molecule has 0 aromatic rings. The third kappa shape index (κ3) is 4.62. The molecule has 0 radical (unpaired) electrons. The molecule has 1 saturated heterocycles. The molecule has 0 aromatic carbocycles. The molecule has 1 unspecified atom stereocenters. The van der Waals surface area contributed by atoms with Crippen LogP contribution in [-0.2, 0) is 9.73 Å². The molecule has 0 aliphatic carbocycles. The third-order valence-electron chi connectivity index (χ3n) is 2.30. The van der Waals surface area contributed by atoms with Gasteiger partial charge in [0.2, 0.25) is 0 Å². The Morgan fingerprint density at radius 3 is 2.00 bits per heavy atom. The highest BCUT2D eigenvalue weighted by molar-refractivity contribution is 7.92. The van der Waals surface area contributed by atoms with Crippen molar-refractivity contribution in [3.8, 4) is 0 Å². The zero-order valence-electron chi connectivity index (χ0n) is 9.17. The summed E-state index contributed by atoms with van der Waals surface area (Å²) in [5.74, 6) is 0. The first kappa shape index (κ1) is 12.9. The summed E-state index contributed by atoms with van der Waals surface area (Å²) >= 11 is 0. The van der Waals surface area contributed by atoms with Crippen LogP contribution in [0, 0.1) is 4.78 Å². The molecule has 4 heteroatoms. The Bertz CT molecular complexity index is 216. The topological polar surface area (TPSA) is 44.2 Å². The Balaban J connectivity index is 0.000000671. The maximum Gasteiger partial charge on any atom is 0.0449 e. The van der Waals surface area contributed by atoms with Crippen LogP contribution in [0.1, 0.15) is 26.7 Å². The molecular formula is C9H22N2OS. The highest BCUT2D eigenvalue weighted by Gasteiger charge is 2.22. The minimum absolute atomic E-state index is 0.138. The van der Waals surface area contributed by atoms with Crippen molar-refractivity contribution in [2.75, 3.05) is 26.4 Å². The molecule has 13 heavy (non-hydrogen) atoms. The minimum Gasteiger partial charge on any atom is -0.306 e. The lowest BCUT2D eigenvalue weighted by molar-refractivity contribution is 0.279. The van der Waals surface area contributed by atoms with Gasteiger partial charge in [-0.2, -0.15) is 0 Å². The van der Waals surface area contributed by atoms with Gasteiger partial charge in [-0.1, -0.05) is 13.8 Å². The van der Waals surface area contributed by atoms with E-state index in [0.29, 0.717) is 0 Å². The standard InChI is InChI=1S/C7H16N2OS.C2H6/c1-9-5-3-7(4-6-9)11(2,8)10;1-2/h7-8H,3-6H2,1-2H3;1-2H3. The second-order valence-corrected chi connectivity index (χ2v) is 5.88. The molecule has 0 aromatic heterocycles. The van der Waals surface area contributed by atoms with Crippen LogP contribution in [-0.4, -0.2) is 40.8 Å². The van der Waals surface area contributed by atoms with Crippen LogP contribution in [0.3, 0.4) is 0 Å². The van der Waals surface area contributed by atoms with Gasteiger partial charge in [-0.15, -0.1) is 0 Å². The normalized spacial score (nSPS) is 24.3. The van der Waals surface area contributed by atoms with Crippen molar-refractivity contribution in [2.45, 2.75) is 31.9 Å². The zero-order chi connectivity index (χ0) is 10.5. The lowest BCUT2D eigenvalue weighted by atomic mass is 10.1. The van der Waals surface area contributed by atoms with Crippen molar-refractivity contribution in [1.29, 1.82) is 4.78 Å². The summed E-state index contributed by atoms with van der Waals surface area (Å²) in [5, 5.41) is 0.138. The number of piperidine rings is 1. The maximum atomic E-state index is 11.3. The summed E-state index contributed by atoms with van der Waals surface area (Å²) in [7, 11) is -0.209. The first-order valence-electron chi connectivity index (χ1n) is 4.91. The van der Waals surface area contributed by atoms with E-state index in [0.717, 1.165) is 25.9 Å². The van der Waals surface area contributed by atoms with Crippen LogP contribution >= 0.6 is 0 Å². The van der Waals surface area contributed by atoms with Gasteiger partial charge in [0.25, 0.3) is 0 Å². The number of rotatable bonds is 1. The van der Waals surface area contributed by atoms with Crippen LogP contribution in [0.2, 0.25) is 0 Å². The van der Waals surface area contributed by atoms with E-state index in [1.807, 2.05) is 13.8 Å². The summed E-state index contributed by atoms with van der Waals surface area (Å²) in [6.45, 7) is 5.99. The van der Waals surface area contributed by atoms with Gasteiger partial charge in [0.1, 0.15) is 0 Å². The fourth-order valence-corrected chi connectivity index (χ4v) is 2.55. The van der Waals surface area contributed by atoms with E-state index in [1.165, 1.54) is 0 Å². The van der Waals surface area contributed by atoms with Crippen molar-refractivity contribution in [3.05, 3.63) is 0 Å². The van der Waals surface area contributed by atoms with E-state index in [2.05, 4.69) is 11.9 Å². The average molecular weight is 206 g/mol. The molecule has 80 valence electrons. The zero-order valence-corrected chi connectivity index (χ0v) is 9.99. The van der Waals surface area contributed by atoms with E-state index in [1.54, 1.807) is 6.26 Å². The Morgan fingerprint density at radius 1 is 1.31 bits per heavy atom. The summed E-state index contributed by atoms with van der Waals surface area (Å²) in [6.07, 6.45) is 3.41. The maximum absolute atomic E-state index is 11.3. The highest BCUT2D eigenvalue weighted by atomic mass is 32.2. The molecule has 1 rings (SSSR count). The van der Waals surface area contributed by atoms with Crippen molar-refractivity contribution < 1.29 is 4.21 Å². The molecule has 0 bridgehead atoms. The predicted molar refractivity (Wildman–Crippen MR) is 58.7 cm³/mol. The molecule has 1 heterocycles. The van der Waals surface area contributed by atoms with Crippen LogP contribution in [0.5, 0.6) is 0 Å². The molecular weight excluding hydrogens is 184 g/mol. The van der Waals surface area contributed by atoms with Crippen LogP contribution < -0.4 is 0 Å². The second kappa shape index (κ2) is 5.60. The highest BCUT2D eigenvalue weighted by Crippen LogP contribution is 2.15. The number of hydrogen-bond donors (Lipinski definition) is 1. The summed E-state index contributed by atoms with van der Waals surface area (Å²) in [4.78, 5) is 2.22. The molecule has 0 amide bonds. The van der Waals surface area contributed by atoms with Gasteiger partial charge in [-0.05, 0) is 33.0 Å². The fraction of sp³-hybridized carbons (Fsp3) is 1.00. The van der Waals surface area contributed by atoms with Gasteiger partial charge < -0.3 is 4.90 Å². The van der Waals surface area contributed by atoms with Gasteiger partial charge >= 0.3 is 0 Å². The van der Waals surface area contributed by atoms with Gasteiger partial charge in [0, 0.05) is 21.2 Å². The van der Waals surface area contributed by atoms with Crippen LogP contribution in [0.4, 0.5) is 0 Å². The first-order valence-corrected chi connectivity index (χ1v) is 6.94. The smallest absolute Gasteiger partial charge is 0.0449 e. The summed E-state index contributed by atoms with van der Waals surface area (Å²) < 4.78 is 18.7. The Labute approximate surface area is 82.5 Å². The molecule has 3 nitrogen and oxygen atoms in total. The summed E-state index contributed by atoms with van der Waals surface area (Å²) in [5.41, 5.74) is 0. The molecule has 0 saturated carbocycles. The number of nitrogens with one attached hydrogen (secondary N) is 1. The third-order valence-corrected chi connectivity index (χ3v) is 4.05. The molecule has 1 fully saturated rings. The van der Waals surface area contributed by atoms with Crippen LogP contribution in [0.25, 0.3) is 0 Å². The van der Waals surface area contributed by atoms with Gasteiger partial charge in [-0.25, -0.2) is 4.21 Å². The van der Waals surface area contributed by atoms with Crippen molar-refractivity contribution in [2.24, 2.45) is 0 Å². The van der Waals surface area contributed by atoms with Crippen molar-refractivity contribution in [1.82, 2.24) is 4.90 Å². The lowest BCUT2D eigenvalue weighted by Crippen LogP contribution is -2.36. The molecule has 1 N–H and O–H groups in total. The molecule has 0 spiro atoms. The monoisotopic (exact) mass is 206 g/mol. The van der Waals surface area contributed by atoms with Crippen LogP contribution in [0.15, 0.2) is 0 Å². The van der Waals surface area contributed by atoms with Gasteiger partial charge in [0.05, 0.1) is 0 Å². The molecule has 1 aliphatic heterocycles. The predicted octanol–water partition coefficient (Wildman–Crippen LogP) is 1.78. The number of likely N-dealkylation sites (tertiary alicyclic amines) is 1. The largest absolute Gasteiger partial charge is 0.306 e. The van der Waals surface area contributed by atoms with E-state index < -0.39 is 9.73 Å². The Kier molecular flexibility index (Phi) is 5.56. The lowest BCUT2D eigenvalue weighted by Gasteiger charge is -2.28. The second-order valence-electron chi connectivity index (χ2n) is 3.41. The number of hydrogen-bond acceptors (Lipinski definition) is 3. The van der Waals surface area contributed by atoms with Gasteiger partial charge in [0.15, 0.2) is 0 Å². The quantitative estimate of drug-likeness (QED) is 0.711.